The highest BCUT2D eigenvalue weighted by Gasteiger charge is 2.28. The molecule has 0 aliphatic heterocycles. The molecular formula is C18H22O4S. The average Bonchev–Trinajstić information content (AvgIpc) is 2.46. The Bertz CT molecular complexity index is 910. The molecule has 124 valence electrons. The summed E-state index contributed by atoms with van der Waals surface area (Å²) in [5.41, 5.74) is 3.73. The first-order valence-electron chi connectivity index (χ1n) is 7.34. The molecule has 0 fully saturated rings. The molecular weight excluding hydrogens is 312 g/mol. The van der Waals surface area contributed by atoms with Gasteiger partial charge in [0, 0.05) is 0 Å². The van der Waals surface area contributed by atoms with E-state index in [0.717, 1.165) is 11.1 Å². The predicted molar refractivity (Wildman–Crippen MR) is 90.1 cm³/mol. The second-order valence-electron chi connectivity index (χ2n) is 6.09. The maximum Gasteiger partial charge on any atom is 0.210 e. The molecule has 2 aromatic carbocycles. The minimum Gasteiger partial charge on any atom is -0.508 e. The molecule has 23 heavy (non-hydrogen) atoms. The smallest absolute Gasteiger partial charge is 0.210 e. The lowest BCUT2D eigenvalue weighted by Crippen LogP contribution is -2.09. The van der Waals surface area contributed by atoms with Crippen molar-refractivity contribution in [2.24, 2.45) is 0 Å². The lowest BCUT2D eigenvalue weighted by Gasteiger charge is -2.17. The van der Waals surface area contributed by atoms with E-state index in [4.69, 9.17) is 0 Å². The van der Waals surface area contributed by atoms with E-state index in [0.29, 0.717) is 22.3 Å². The van der Waals surface area contributed by atoms with E-state index in [-0.39, 0.29) is 21.3 Å². The summed E-state index contributed by atoms with van der Waals surface area (Å²) in [6.07, 6.45) is 0. The molecule has 0 atom stereocenters. The summed E-state index contributed by atoms with van der Waals surface area (Å²) in [5, 5.41) is 20.3. The van der Waals surface area contributed by atoms with Gasteiger partial charge in [-0.25, -0.2) is 8.42 Å². The fraction of sp³-hybridized carbons (Fsp3) is 0.333. The van der Waals surface area contributed by atoms with Gasteiger partial charge < -0.3 is 10.2 Å². The topological polar surface area (TPSA) is 74.6 Å². The average molecular weight is 334 g/mol. The highest BCUT2D eigenvalue weighted by atomic mass is 32.2. The Balaban J connectivity index is 2.88. The van der Waals surface area contributed by atoms with Crippen LogP contribution in [0.1, 0.15) is 33.4 Å². The Morgan fingerprint density at radius 3 is 1.87 bits per heavy atom. The van der Waals surface area contributed by atoms with Gasteiger partial charge in [-0.05, 0) is 87.1 Å². The van der Waals surface area contributed by atoms with E-state index in [1.54, 1.807) is 27.7 Å². The Morgan fingerprint density at radius 2 is 1.30 bits per heavy atom. The number of sulfone groups is 1. The molecule has 0 bridgehead atoms. The van der Waals surface area contributed by atoms with Crippen LogP contribution in [0.4, 0.5) is 0 Å². The van der Waals surface area contributed by atoms with Gasteiger partial charge in [0.1, 0.15) is 16.4 Å². The lowest BCUT2D eigenvalue weighted by atomic mass is 10.0. The zero-order valence-electron chi connectivity index (χ0n) is 14.3. The Morgan fingerprint density at radius 1 is 0.739 bits per heavy atom. The first-order chi connectivity index (χ1) is 10.5. The van der Waals surface area contributed by atoms with Gasteiger partial charge >= 0.3 is 0 Å². The molecule has 2 aromatic rings. The van der Waals surface area contributed by atoms with Gasteiger partial charge in [0.15, 0.2) is 0 Å². The molecule has 0 saturated carbocycles. The summed E-state index contributed by atoms with van der Waals surface area (Å²) in [4.78, 5) is 0.0557. The van der Waals surface area contributed by atoms with Crippen molar-refractivity contribution in [1.29, 1.82) is 0 Å². The quantitative estimate of drug-likeness (QED) is 0.876. The van der Waals surface area contributed by atoms with Crippen molar-refractivity contribution >= 4 is 9.84 Å². The SMILES string of the molecule is Cc1cc(S(=O)(=O)c2c(C)cc(O)c(C)c2C)c(O)c(C)c1C. The number of aromatic hydroxyl groups is 2. The third-order valence-corrected chi connectivity index (χ3v) is 6.70. The highest BCUT2D eigenvalue weighted by molar-refractivity contribution is 7.91. The van der Waals surface area contributed by atoms with E-state index in [9.17, 15) is 18.6 Å². The van der Waals surface area contributed by atoms with Crippen LogP contribution in [-0.2, 0) is 9.84 Å². The second kappa shape index (κ2) is 5.57. The van der Waals surface area contributed by atoms with Crippen LogP contribution < -0.4 is 0 Å². The third-order valence-electron chi connectivity index (χ3n) is 4.65. The van der Waals surface area contributed by atoms with Gasteiger partial charge in [-0.3, -0.25) is 0 Å². The van der Waals surface area contributed by atoms with Gasteiger partial charge in [0.2, 0.25) is 9.84 Å². The molecule has 2 rings (SSSR count). The molecule has 4 nitrogen and oxygen atoms in total. The van der Waals surface area contributed by atoms with Gasteiger partial charge in [0.05, 0.1) is 4.90 Å². The van der Waals surface area contributed by atoms with Crippen molar-refractivity contribution in [2.45, 2.75) is 51.3 Å². The normalized spacial score (nSPS) is 11.7. The summed E-state index contributed by atoms with van der Waals surface area (Å²) >= 11 is 0. The second-order valence-corrected chi connectivity index (χ2v) is 7.94. The summed E-state index contributed by atoms with van der Waals surface area (Å²) < 4.78 is 26.3. The van der Waals surface area contributed by atoms with Crippen LogP contribution in [0.2, 0.25) is 0 Å². The minimum atomic E-state index is -3.89. The molecule has 0 aromatic heterocycles. The van der Waals surface area contributed by atoms with E-state index in [2.05, 4.69) is 0 Å². The standard InChI is InChI=1S/C18H22O4S/c1-9-8-16(17(20)13(5)11(9)3)23(21,22)18-10(2)7-15(19)12(4)14(18)6/h7-8,19-20H,1-6H3. The van der Waals surface area contributed by atoms with Crippen LogP contribution in [0.3, 0.4) is 0 Å². The molecule has 0 unspecified atom stereocenters. The summed E-state index contributed by atoms with van der Waals surface area (Å²) in [6, 6.07) is 2.95. The maximum atomic E-state index is 13.1. The molecule has 0 heterocycles. The maximum absolute atomic E-state index is 13.1. The van der Waals surface area contributed by atoms with E-state index in [1.165, 1.54) is 12.1 Å². The van der Waals surface area contributed by atoms with Crippen molar-refractivity contribution in [3.8, 4) is 11.5 Å². The largest absolute Gasteiger partial charge is 0.508 e. The molecule has 0 aliphatic rings. The Labute approximate surface area is 137 Å². The molecule has 0 spiro atoms. The zero-order valence-corrected chi connectivity index (χ0v) is 15.1. The van der Waals surface area contributed by atoms with Crippen LogP contribution in [0.25, 0.3) is 0 Å². The third kappa shape index (κ3) is 2.59. The summed E-state index contributed by atoms with van der Waals surface area (Å²) in [6.45, 7) is 10.4. The highest BCUT2D eigenvalue weighted by Crippen LogP contribution is 2.38. The molecule has 0 amide bonds. The fourth-order valence-corrected chi connectivity index (χ4v) is 4.80. The van der Waals surface area contributed by atoms with Crippen molar-refractivity contribution in [2.75, 3.05) is 0 Å². The zero-order chi connectivity index (χ0) is 17.7. The Kier molecular flexibility index (Phi) is 4.20. The van der Waals surface area contributed by atoms with E-state index < -0.39 is 9.84 Å². The van der Waals surface area contributed by atoms with Crippen LogP contribution in [-0.4, -0.2) is 18.6 Å². The fourth-order valence-electron chi connectivity index (χ4n) is 2.80. The number of rotatable bonds is 2. The van der Waals surface area contributed by atoms with Crippen molar-refractivity contribution in [3.63, 3.8) is 0 Å². The number of phenols is 2. The van der Waals surface area contributed by atoms with Gasteiger partial charge in [-0.1, -0.05) is 0 Å². The van der Waals surface area contributed by atoms with Crippen LogP contribution in [0.5, 0.6) is 11.5 Å². The van der Waals surface area contributed by atoms with E-state index >= 15 is 0 Å². The number of hydrogen-bond acceptors (Lipinski definition) is 4. The number of aryl methyl sites for hydroxylation is 2. The number of hydrogen-bond donors (Lipinski definition) is 2. The number of phenolic OH excluding ortho intramolecular Hbond substituents is 2. The van der Waals surface area contributed by atoms with Crippen LogP contribution >= 0.6 is 0 Å². The van der Waals surface area contributed by atoms with Crippen molar-refractivity contribution in [3.05, 3.63) is 45.5 Å². The molecule has 5 heteroatoms. The Hall–Kier alpha value is -2.01. The predicted octanol–water partition coefficient (Wildman–Crippen LogP) is 3.78. The summed E-state index contributed by atoms with van der Waals surface area (Å²) in [5.74, 6) is -0.142. The van der Waals surface area contributed by atoms with Gasteiger partial charge in [-0.15, -0.1) is 0 Å². The summed E-state index contributed by atoms with van der Waals surface area (Å²) in [7, 11) is -3.89. The molecule has 0 radical (unpaired) electrons. The molecule has 2 N–H and O–H groups in total. The van der Waals surface area contributed by atoms with Gasteiger partial charge in [-0.2, -0.15) is 0 Å². The van der Waals surface area contributed by atoms with Crippen LogP contribution in [0, 0.1) is 41.5 Å². The van der Waals surface area contributed by atoms with Crippen molar-refractivity contribution < 1.29 is 18.6 Å². The lowest BCUT2D eigenvalue weighted by molar-refractivity contribution is 0.453. The molecule has 0 saturated heterocycles. The van der Waals surface area contributed by atoms with E-state index in [1.807, 2.05) is 13.8 Å². The van der Waals surface area contributed by atoms with Gasteiger partial charge in [0.25, 0.3) is 0 Å². The number of benzene rings is 2. The van der Waals surface area contributed by atoms with Crippen molar-refractivity contribution in [1.82, 2.24) is 0 Å². The first kappa shape index (κ1) is 17.3. The first-order valence-corrected chi connectivity index (χ1v) is 8.83. The molecule has 0 aliphatic carbocycles. The minimum absolute atomic E-state index is 0.0689. The monoisotopic (exact) mass is 334 g/mol. The van der Waals surface area contributed by atoms with Crippen LogP contribution in [0.15, 0.2) is 21.9 Å².